The van der Waals surface area contributed by atoms with Crippen LogP contribution in [0, 0.1) is 13.8 Å². The van der Waals surface area contributed by atoms with Crippen molar-refractivity contribution in [2.75, 3.05) is 5.32 Å². The molecule has 0 saturated heterocycles. The number of amides is 1. The minimum atomic E-state index is -0.150. The van der Waals surface area contributed by atoms with E-state index in [2.05, 4.69) is 15.3 Å². The smallest absolute Gasteiger partial charge is 0.255 e. The number of anilines is 1. The molecule has 3 aromatic rings. The van der Waals surface area contributed by atoms with Gasteiger partial charge in [0.1, 0.15) is 0 Å². The van der Waals surface area contributed by atoms with Crippen LogP contribution in [0.5, 0.6) is 0 Å². The number of aryl methyl sites for hydroxylation is 2. The second kappa shape index (κ2) is 8.01. The zero-order valence-corrected chi connectivity index (χ0v) is 15.4. The van der Waals surface area contributed by atoms with E-state index in [-0.39, 0.29) is 11.5 Å². The van der Waals surface area contributed by atoms with E-state index < -0.39 is 0 Å². The summed E-state index contributed by atoms with van der Waals surface area (Å²) in [4.78, 5) is 30.8. The molecule has 0 bridgehead atoms. The van der Waals surface area contributed by atoms with Gasteiger partial charge >= 0.3 is 0 Å². The molecule has 0 aliphatic rings. The molecule has 0 fully saturated rings. The van der Waals surface area contributed by atoms with Gasteiger partial charge in [0.25, 0.3) is 11.5 Å². The van der Waals surface area contributed by atoms with E-state index in [0.29, 0.717) is 22.2 Å². The third-order valence-electron chi connectivity index (χ3n) is 3.83. The number of thioether (sulfide) groups is 1. The second-order valence-corrected chi connectivity index (χ2v) is 6.91. The Labute approximate surface area is 155 Å². The average Bonchev–Trinajstić information content (AvgIpc) is 2.61. The van der Waals surface area contributed by atoms with Crippen LogP contribution in [0.1, 0.15) is 27.2 Å². The van der Waals surface area contributed by atoms with Gasteiger partial charge < -0.3 is 10.3 Å². The molecule has 0 aliphatic heterocycles. The maximum absolute atomic E-state index is 12.4. The number of carbonyl (C=O) groups is 1. The van der Waals surface area contributed by atoms with Gasteiger partial charge in [-0.1, -0.05) is 42.1 Å². The SMILES string of the molecule is Cc1cc(=O)[nH]c(SCc2ccc(C(=O)Nc3ccccc3C)cc2)n1. The standard InChI is InChI=1S/C20H19N3O2S/c1-13-5-3-4-6-17(13)22-19(25)16-9-7-15(8-10-16)12-26-20-21-14(2)11-18(24)23-20/h3-11H,12H2,1-2H3,(H,22,25)(H,21,23,24). The molecule has 5 nitrogen and oxygen atoms in total. The Morgan fingerprint density at radius 1 is 1.12 bits per heavy atom. The first-order valence-electron chi connectivity index (χ1n) is 8.18. The molecule has 3 rings (SSSR count). The van der Waals surface area contributed by atoms with Crippen molar-refractivity contribution in [2.45, 2.75) is 24.8 Å². The van der Waals surface area contributed by atoms with Crippen LogP contribution >= 0.6 is 11.8 Å². The highest BCUT2D eigenvalue weighted by Gasteiger charge is 2.08. The Hall–Kier alpha value is -2.86. The highest BCUT2D eigenvalue weighted by molar-refractivity contribution is 7.98. The fraction of sp³-hybridized carbons (Fsp3) is 0.150. The van der Waals surface area contributed by atoms with E-state index in [1.54, 1.807) is 19.1 Å². The van der Waals surface area contributed by atoms with E-state index in [4.69, 9.17) is 0 Å². The van der Waals surface area contributed by atoms with Crippen LogP contribution in [0.2, 0.25) is 0 Å². The summed E-state index contributed by atoms with van der Waals surface area (Å²) in [5.41, 5.74) is 4.03. The molecule has 0 aliphatic carbocycles. The predicted molar refractivity (Wildman–Crippen MR) is 105 cm³/mol. The van der Waals surface area contributed by atoms with Crippen molar-refractivity contribution >= 4 is 23.4 Å². The van der Waals surface area contributed by atoms with Gasteiger partial charge in [-0.25, -0.2) is 4.98 Å². The molecule has 0 radical (unpaired) electrons. The normalized spacial score (nSPS) is 10.5. The first kappa shape index (κ1) is 17.9. The van der Waals surface area contributed by atoms with E-state index in [0.717, 1.165) is 16.8 Å². The van der Waals surface area contributed by atoms with Crippen molar-refractivity contribution in [3.63, 3.8) is 0 Å². The molecular formula is C20H19N3O2S. The quantitative estimate of drug-likeness (QED) is 0.531. The fourth-order valence-electron chi connectivity index (χ4n) is 2.43. The molecule has 26 heavy (non-hydrogen) atoms. The molecule has 0 spiro atoms. The van der Waals surface area contributed by atoms with Crippen molar-refractivity contribution < 1.29 is 4.79 Å². The van der Waals surface area contributed by atoms with Crippen molar-refractivity contribution in [3.8, 4) is 0 Å². The lowest BCUT2D eigenvalue weighted by molar-refractivity contribution is 0.102. The Morgan fingerprint density at radius 2 is 1.85 bits per heavy atom. The molecule has 0 saturated carbocycles. The van der Waals surface area contributed by atoms with Crippen LogP contribution in [0.15, 0.2) is 64.5 Å². The Balaban J connectivity index is 1.63. The van der Waals surface area contributed by atoms with E-state index >= 15 is 0 Å². The first-order chi connectivity index (χ1) is 12.5. The van der Waals surface area contributed by atoms with Crippen LogP contribution in [0.4, 0.5) is 5.69 Å². The van der Waals surface area contributed by atoms with Gasteiger partial charge in [-0.3, -0.25) is 9.59 Å². The van der Waals surface area contributed by atoms with E-state index in [1.165, 1.54) is 17.8 Å². The topological polar surface area (TPSA) is 74.8 Å². The van der Waals surface area contributed by atoms with Crippen molar-refractivity contribution in [1.29, 1.82) is 0 Å². The Bertz CT molecular complexity index is 981. The molecule has 1 amide bonds. The third-order valence-corrected chi connectivity index (χ3v) is 4.78. The van der Waals surface area contributed by atoms with Gasteiger partial charge in [0.2, 0.25) is 0 Å². The number of rotatable bonds is 5. The van der Waals surface area contributed by atoms with Crippen molar-refractivity contribution in [2.24, 2.45) is 0 Å². The predicted octanol–water partition coefficient (Wildman–Crippen LogP) is 3.93. The van der Waals surface area contributed by atoms with E-state index in [1.807, 2.05) is 43.3 Å². The molecule has 1 heterocycles. The zero-order chi connectivity index (χ0) is 18.5. The van der Waals surface area contributed by atoms with Gasteiger partial charge in [-0.15, -0.1) is 0 Å². The maximum Gasteiger partial charge on any atom is 0.255 e. The summed E-state index contributed by atoms with van der Waals surface area (Å²) in [5.74, 6) is 0.523. The van der Waals surface area contributed by atoms with E-state index in [9.17, 15) is 9.59 Å². The number of nitrogens with zero attached hydrogens (tertiary/aromatic N) is 1. The number of nitrogens with one attached hydrogen (secondary N) is 2. The minimum absolute atomic E-state index is 0.136. The number of aromatic amines is 1. The summed E-state index contributed by atoms with van der Waals surface area (Å²) >= 11 is 1.45. The number of hydrogen-bond acceptors (Lipinski definition) is 4. The lowest BCUT2D eigenvalue weighted by Gasteiger charge is -2.08. The van der Waals surface area contributed by atoms with Crippen LogP contribution in [0.3, 0.4) is 0 Å². The molecular weight excluding hydrogens is 346 g/mol. The number of H-pyrrole nitrogens is 1. The number of hydrogen-bond donors (Lipinski definition) is 2. The van der Waals surface area contributed by atoms with Gasteiger partial charge in [0, 0.05) is 28.8 Å². The highest BCUT2D eigenvalue weighted by Crippen LogP contribution is 2.19. The molecule has 1 aromatic heterocycles. The van der Waals surface area contributed by atoms with Crippen LogP contribution in [0.25, 0.3) is 0 Å². The molecule has 132 valence electrons. The van der Waals surface area contributed by atoms with Crippen molar-refractivity contribution in [1.82, 2.24) is 9.97 Å². The summed E-state index contributed by atoms with van der Waals surface area (Å²) in [6.45, 7) is 3.75. The van der Waals surface area contributed by atoms with Crippen LogP contribution in [-0.4, -0.2) is 15.9 Å². The van der Waals surface area contributed by atoms with Crippen LogP contribution in [-0.2, 0) is 5.75 Å². The highest BCUT2D eigenvalue weighted by atomic mass is 32.2. The number of carbonyl (C=O) groups excluding carboxylic acids is 1. The van der Waals surface area contributed by atoms with Crippen molar-refractivity contribution in [3.05, 3.63) is 87.3 Å². The lowest BCUT2D eigenvalue weighted by Crippen LogP contribution is -2.12. The third kappa shape index (κ3) is 4.61. The monoisotopic (exact) mass is 365 g/mol. The van der Waals surface area contributed by atoms with Gasteiger partial charge in [0.15, 0.2) is 5.16 Å². The van der Waals surface area contributed by atoms with Crippen LogP contribution < -0.4 is 10.9 Å². The molecule has 0 unspecified atom stereocenters. The maximum atomic E-state index is 12.4. The molecule has 2 N–H and O–H groups in total. The summed E-state index contributed by atoms with van der Waals surface area (Å²) in [7, 11) is 0. The molecule has 2 aromatic carbocycles. The molecule has 0 atom stereocenters. The Kier molecular flexibility index (Phi) is 5.53. The molecule has 6 heteroatoms. The minimum Gasteiger partial charge on any atom is -0.322 e. The summed E-state index contributed by atoms with van der Waals surface area (Å²) in [6.07, 6.45) is 0. The average molecular weight is 365 g/mol. The van der Waals surface area contributed by atoms with Gasteiger partial charge in [-0.2, -0.15) is 0 Å². The largest absolute Gasteiger partial charge is 0.322 e. The lowest BCUT2D eigenvalue weighted by atomic mass is 10.1. The second-order valence-electron chi connectivity index (χ2n) is 5.95. The number of para-hydroxylation sites is 1. The summed E-state index contributed by atoms with van der Waals surface area (Å²) in [5, 5.41) is 3.52. The summed E-state index contributed by atoms with van der Waals surface area (Å²) in [6, 6.07) is 16.6. The number of benzene rings is 2. The Morgan fingerprint density at radius 3 is 2.54 bits per heavy atom. The number of aromatic nitrogens is 2. The fourth-order valence-corrected chi connectivity index (χ4v) is 3.31. The van der Waals surface area contributed by atoms with Gasteiger partial charge in [0.05, 0.1) is 0 Å². The summed E-state index contributed by atoms with van der Waals surface area (Å²) < 4.78 is 0. The zero-order valence-electron chi connectivity index (χ0n) is 14.6. The first-order valence-corrected chi connectivity index (χ1v) is 9.16. The van der Waals surface area contributed by atoms with Gasteiger partial charge in [-0.05, 0) is 43.2 Å².